The molecular weight excluding hydrogens is 270 g/mol. The summed E-state index contributed by atoms with van der Waals surface area (Å²) in [5, 5.41) is 0. The van der Waals surface area contributed by atoms with Gasteiger partial charge in [-0.25, -0.2) is 0 Å². The number of aryl methyl sites for hydroxylation is 2. The highest BCUT2D eigenvalue weighted by atomic mass is 16.2. The van der Waals surface area contributed by atoms with Gasteiger partial charge in [0.2, 0.25) is 0 Å². The van der Waals surface area contributed by atoms with E-state index in [-0.39, 0.29) is 5.91 Å². The summed E-state index contributed by atoms with van der Waals surface area (Å²) in [5.74, 6) is 0.118. The Labute approximate surface area is 133 Å². The van der Waals surface area contributed by atoms with Crippen molar-refractivity contribution < 1.29 is 4.79 Å². The summed E-state index contributed by atoms with van der Waals surface area (Å²) < 4.78 is 0. The molecule has 0 N–H and O–H groups in total. The third kappa shape index (κ3) is 3.38. The minimum atomic E-state index is 0.118. The first kappa shape index (κ1) is 16.3. The van der Waals surface area contributed by atoms with Crippen molar-refractivity contribution in [2.45, 2.75) is 40.0 Å². The van der Waals surface area contributed by atoms with Gasteiger partial charge in [0.05, 0.1) is 0 Å². The van der Waals surface area contributed by atoms with E-state index in [1.54, 1.807) is 0 Å². The number of anilines is 1. The summed E-state index contributed by atoms with van der Waals surface area (Å²) >= 11 is 0. The van der Waals surface area contributed by atoms with E-state index in [4.69, 9.17) is 0 Å². The van der Waals surface area contributed by atoms with E-state index in [1.165, 1.54) is 11.1 Å². The third-order valence-electron chi connectivity index (χ3n) is 3.94. The molecule has 116 valence electrons. The number of fused-ring (bicyclic) bond motifs is 1. The average Bonchev–Trinajstić information content (AvgIpc) is 2.62. The number of hydrogen-bond donors (Lipinski definition) is 0. The standard InChI is InChI=1S/C18H19NO.C2H6/c1-2-14-7-5-9-16(13-14)18(20)19-12-6-10-15-8-3-4-11-17(15)19;1-2/h3-5,7-9,11,13H,2,6,10,12H2,1H3;1-2H3. The van der Waals surface area contributed by atoms with Crippen LogP contribution in [0.3, 0.4) is 0 Å². The van der Waals surface area contributed by atoms with Gasteiger partial charge in [-0.3, -0.25) is 4.79 Å². The molecule has 1 aliphatic heterocycles. The van der Waals surface area contributed by atoms with Crippen LogP contribution in [0.15, 0.2) is 48.5 Å². The number of amides is 1. The molecule has 0 bridgehead atoms. The lowest BCUT2D eigenvalue weighted by Gasteiger charge is -2.29. The van der Waals surface area contributed by atoms with Crippen LogP contribution in [0.4, 0.5) is 5.69 Å². The first-order valence-corrected chi connectivity index (χ1v) is 8.28. The lowest BCUT2D eigenvalue weighted by molar-refractivity contribution is 0.0985. The van der Waals surface area contributed by atoms with E-state index in [0.29, 0.717) is 0 Å². The Bertz CT molecular complexity index is 633. The van der Waals surface area contributed by atoms with Gasteiger partial charge in [-0.15, -0.1) is 0 Å². The summed E-state index contributed by atoms with van der Waals surface area (Å²) in [6, 6.07) is 16.2. The van der Waals surface area contributed by atoms with Gasteiger partial charge in [0.15, 0.2) is 0 Å². The molecule has 1 heterocycles. The molecule has 2 aromatic carbocycles. The fourth-order valence-corrected chi connectivity index (χ4v) is 2.82. The van der Waals surface area contributed by atoms with Crippen LogP contribution in [0.2, 0.25) is 0 Å². The molecule has 2 nitrogen and oxygen atoms in total. The van der Waals surface area contributed by atoms with E-state index < -0.39 is 0 Å². The lowest BCUT2D eigenvalue weighted by Crippen LogP contribution is -2.35. The summed E-state index contributed by atoms with van der Waals surface area (Å²) in [5.41, 5.74) is 4.35. The van der Waals surface area contributed by atoms with Gasteiger partial charge in [-0.05, 0) is 48.6 Å². The number of nitrogens with zero attached hydrogens (tertiary/aromatic N) is 1. The SMILES string of the molecule is CC.CCc1cccc(C(=O)N2CCCc3ccccc32)c1. The molecule has 2 heteroatoms. The molecule has 22 heavy (non-hydrogen) atoms. The van der Waals surface area contributed by atoms with Crippen molar-refractivity contribution in [1.29, 1.82) is 0 Å². The van der Waals surface area contributed by atoms with E-state index >= 15 is 0 Å². The van der Waals surface area contributed by atoms with Gasteiger partial charge in [-0.2, -0.15) is 0 Å². The molecule has 0 aromatic heterocycles. The molecule has 0 fully saturated rings. The van der Waals surface area contributed by atoms with Gasteiger partial charge < -0.3 is 4.90 Å². The Morgan fingerprint density at radius 2 is 1.86 bits per heavy atom. The minimum absolute atomic E-state index is 0.118. The van der Waals surface area contributed by atoms with Crippen LogP contribution >= 0.6 is 0 Å². The smallest absolute Gasteiger partial charge is 0.258 e. The quantitative estimate of drug-likeness (QED) is 0.774. The summed E-state index contributed by atoms with van der Waals surface area (Å²) in [6.45, 7) is 6.92. The van der Waals surface area contributed by atoms with Crippen molar-refractivity contribution in [2.75, 3.05) is 11.4 Å². The second-order valence-electron chi connectivity index (χ2n) is 5.24. The Kier molecular flexibility index (Phi) is 5.76. The third-order valence-corrected chi connectivity index (χ3v) is 3.94. The fourth-order valence-electron chi connectivity index (χ4n) is 2.82. The normalized spacial score (nSPS) is 13.0. The molecule has 0 unspecified atom stereocenters. The lowest BCUT2D eigenvalue weighted by atomic mass is 10.0. The largest absolute Gasteiger partial charge is 0.308 e. The number of benzene rings is 2. The van der Waals surface area contributed by atoms with Crippen molar-refractivity contribution in [3.8, 4) is 0 Å². The zero-order valence-corrected chi connectivity index (χ0v) is 13.8. The number of para-hydroxylation sites is 1. The minimum Gasteiger partial charge on any atom is -0.308 e. The Morgan fingerprint density at radius 1 is 1.09 bits per heavy atom. The highest BCUT2D eigenvalue weighted by Crippen LogP contribution is 2.28. The molecule has 0 spiro atoms. The van der Waals surface area contributed by atoms with Crippen molar-refractivity contribution in [3.05, 3.63) is 65.2 Å². The maximum atomic E-state index is 12.8. The van der Waals surface area contributed by atoms with Gasteiger partial charge in [0.1, 0.15) is 0 Å². The highest BCUT2D eigenvalue weighted by Gasteiger charge is 2.23. The predicted octanol–water partition coefficient (Wildman–Crippen LogP) is 4.87. The molecule has 2 aromatic rings. The number of carbonyl (C=O) groups is 1. The maximum absolute atomic E-state index is 12.8. The second kappa shape index (κ2) is 7.79. The maximum Gasteiger partial charge on any atom is 0.258 e. The van der Waals surface area contributed by atoms with Gasteiger partial charge in [-0.1, -0.05) is 51.1 Å². The fraction of sp³-hybridized carbons (Fsp3) is 0.350. The van der Waals surface area contributed by atoms with Gasteiger partial charge >= 0.3 is 0 Å². The average molecular weight is 295 g/mol. The summed E-state index contributed by atoms with van der Waals surface area (Å²) in [6.07, 6.45) is 3.06. The molecule has 0 aliphatic carbocycles. The van der Waals surface area contributed by atoms with Gasteiger partial charge in [0, 0.05) is 17.8 Å². The van der Waals surface area contributed by atoms with Crippen LogP contribution < -0.4 is 4.90 Å². The number of carbonyl (C=O) groups excluding carboxylic acids is 1. The van der Waals surface area contributed by atoms with Crippen molar-refractivity contribution in [1.82, 2.24) is 0 Å². The molecule has 1 aliphatic rings. The Hall–Kier alpha value is -2.09. The summed E-state index contributed by atoms with van der Waals surface area (Å²) in [4.78, 5) is 14.7. The number of hydrogen-bond acceptors (Lipinski definition) is 1. The zero-order chi connectivity index (χ0) is 15.9. The first-order chi connectivity index (χ1) is 10.8. The molecule has 0 radical (unpaired) electrons. The monoisotopic (exact) mass is 295 g/mol. The topological polar surface area (TPSA) is 20.3 Å². The van der Waals surface area contributed by atoms with Crippen LogP contribution in [0, 0.1) is 0 Å². The second-order valence-corrected chi connectivity index (χ2v) is 5.24. The van der Waals surface area contributed by atoms with E-state index in [9.17, 15) is 4.79 Å². The van der Waals surface area contributed by atoms with E-state index in [2.05, 4.69) is 25.1 Å². The van der Waals surface area contributed by atoms with Gasteiger partial charge in [0.25, 0.3) is 5.91 Å². The van der Waals surface area contributed by atoms with Crippen molar-refractivity contribution in [2.24, 2.45) is 0 Å². The van der Waals surface area contributed by atoms with E-state index in [0.717, 1.165) is 37.1 Å². The van der Waals surface area contributed by atoms with Crippen molar-refractivity contribution >= 4 is 11.6 Å². The Balaban J connectivity index is 0.000000847. The van der Waals surface area contributed by atoms with Crippen LogP contribution in [0.25, 0.3) is 0 Å². The highest BCUT2D eigenvalue weighted by molar-refractivity contribution is 6.06. The first-order valence-electron chi connectivity index (χ1n) is 8.28. The van der Waals surface area contributed by atoms with Crippen LogP contribution in [0.1, 0.15) is 48.7 Å². The van der Waals surface area contributed by atoms with Crippen molar-refractivity contribution in [3.63, 3.8) is 0 Å². The molecule has 0 saturated heterocycles. The molecular formula is C20H25NO. The summed E-state index contributed by atoms with van der Waals surface area (Å²) in [7, 11) is 0. The van der Waals surface area contributed by atoms with Crippen LogP contribution in [-0.4, -0.2) is 12.5 Å². The molecule has 0 atom stereocenters. The molecule has 3 rings (SSSR count). The molecule has 1 amide bonds. The zero-order valence-electron chi connectivity index (χ0n) is 13.8. The number of rotatable bonds is 2. The van der Waals surface area contributed by atoms with Crippen LogP contribution in [-0.2, 0) is 12.8 Å². The molecule has 0 saturated carbocycles. The van der Waals surface area contributed by atoms with Crippen LogP contribution in [0.5, 0.6) is 0 Å². The predicted molar refractivity (Wildman–Crippen MR) is 93.6 cm³/mol. The Morgan fingerprint density at radius 3 is 2.64 bits per heavy atom. The van der Waals surface area contributed by atoms with E-state index in [1.807, 2.05) is 49.1 Å².